The standard InChI is InChI=1S/C29H35F/c1-3-4-5-22-8-10-23(11-9-22)12-13-24-14-18-28-26(20-24)17-19-27(29(28)30)25-15-6-21(2)7-16-25/h6-7,14-20,22-23H,3-5,8-13H2,1-2H3. The van der Waals surface area contributed by atoms with Crippen LogP contribution in [-0.4, -0.2) is 0 Å². The summed E-state index contributed by atoms with van der Waals surface area (Å²) in [6.07, 6.45) is 12.2. The van der Waals surface area contributed by atoms with Gasteiger partial charge in [-0.05, 0) is 48.1 Å². The molecular weight excluding hydrogens is 367 g/mol. The lowest BCUT2D eigenvalue weighted by atomic mass is 9.78. The van der Waals surface area contributed by atoms with Crippen LogP contribution in [0.25, 0.3) is 21.9 Å². The molecule has 30 heavy (non-hydrogen) atoms. The fraction of sp³-hybridized carbons (Fsp3) is 0.448. The first-order valence-electron chi connectivity index (χ1n) is 11.9. The second kappa shape index (κ2) is 9.77. The van der Waals surface area contributed by atoms with Crippen LogP contribution < -0.4 is 0 Å². The minimum atomic E-state index is -0.103. The Morgan fingerprint density at radius 2 is 1.53 bits per heavy atom. The van der Waals surface area contributed by atoms with Gasteiger partial charge in [0, 0.05) is 10.9 Å². The average molecular weight is 403 g/mol. The van der Waals surface area contributed by atoms with Crippen molar-refractivity contribution >= 4 is 10.8 Å². The van der Waals surface area contributed by atoms with Gasteiger partial charge in [-0.25, -0.2) is 4.39 Å². The van der Waals surface area contributed by atoms with Gasteiger partial charge in [0.25, 0.3) is 0 Å². The molecule has 0 aromatic heterocycles. The lowest BCUT2D eigenvalue weighted by Crippen LogP contribution is -2.15. The highest BCUT2D eigenvalue weighted by Gasteiger charge is 2.20. The van der Waals surface area contributed by atoms with E-state index in [-0.39, 0.29) is 5.82 Å². The molecule has 0 unspecified atom stereocenters. The van der Waals surface area contributed by atoms with Crippen molar-refractivity contribution in [1.29, 1.82) is 0 Å². The normalized spacial score (nSPS) is 19.3. The zero-order valence-corrected chi connectivity index (χ0v) is 18.6. The number of hydrogen-bond donors (Lipinski definition) is 0. The lowest BCUT2D eigenvalue weighted by Gasteiger charge is -2.28. The topological polar surface area (TPSA) is 0 Å². The second-order valence-corrected chi connectivity index (χ2v) is 9.42. The van der Waals surface area contributed by atoms with Crippen molar-refractivity contribution in [1.82, 2.24) is 0 Å². The summed E-state index contributed by atoms with van der Waals surface area (Å²) in [4.78, 5) is 0. The molecule has 0 nitrogen and oxygen atoms in total. The van der Waals surface area contributed by atoms with Crippen molar-refractivity contribution in [2.24, 2.45) is 11.8 Å². The summed E-state index contributed by atoms with van der Waals surface area (Å²) < 4.78 is 15.2. The number of aryl methyl sites for hydroxylation is 2. The molecule has 1 fully saturated rings. The van der Waals surface area contributed by atoms with Crippen LogP contribution in [0.3, 0.4) is 0 Å². The Morgan fingerprint density at radius 3 is 2.23 bits per heavy atom. The highest BCUT2D eigenvalue weighted by atomic mass is 19.1. The molecule has 0 saturated heterocycles. The van der Waals surface area contributed by atoms with Crippen LogP contribution in [0, 0.1) is 24.6 Å². The summed E-state index contributed by atoms with van der Waals surface area (Å²) in [7, 11) is 0. The van der Waals surface area contributed by atoms with Crippen molar-refractivity contribution in [3.8, 4) is 11.1 Å². The van der Waals surface area contributed by atoms with Gasteiger partial charge in [0.05, 0.1) is 0 Å². The van der Waals surface area contributed by atoms with Crippen LogP contribution in [0.1, 0.15) is 69.4 Å². The maximum absolute atomic E-state index is 15.2. The molecule has 0 heterocycles. The zero-order chi connectivity index (χ0) is 20.9. The molecule has 1 heteroatoms. The molecule has 3 aromatic rings. The van der Waals surface area contributed by atoms with Crippen LogP contribution >= 0.6 is 0 Å². The molecule has 0 spiro atoms. The van der Waals surface area contributed by atoms with Gasteiger partial charge in [-0.1, -0.05) is 112 Å². The van der Waals surface area contributed by atoms with E-state index in [1.54, 1.807) is 0 Å². The predicted octanol–water partition coefficient (Wildman–Crippen LogP) is 8.88. The number of hydrogen-bond acceptors (Lipinski definition) is 0. The third-order valence-corrected chi connectivity index (χ3v) is 7.15. The third kappa shape index (κ3) is 4.94. The van der Waals surface area contributed by atoms with Crippen molar-refractivity contribution < 1.29 is 4.39 Å². The fourth-order valence-corrected chi connectivity index (χ4v) is 5.13. The zero-order valence-electron chi connectivity index (χ0n) is 18.6. The molecule has 1 aliphatic carbocycles. The van der Waals surface area contributed by atoms with E-state index in [1.807, 2.05) is 36.4 Å². The summed E-state index contributed by atoms with van der Waals surface area (Å²) in [6, 6.07) is 18.4. The summed E-state index contributed by atoms with van der Waals surface area (Å²) in [5.41, 5.74) is 4.17. The van der Waals surface area contributed by atoms with Gasteiger partial charge in [0.2, 0.25) is 0 Å². The molecule has 158 valence electrons. The molecular formula is C29H35F. The van der Waals surface area contributed by atoms with E-state index in [9.17, 15) is 0 Å². The van der Waals surface area contributed by atoms with Gasteiger partial charge < -0.3 is 0 Å². The Kier molecular flexibility index (Phi) is 6.87. The monoisotopic (exact) mass is 402 g/mol. The summed E-state index contributed by atoms with van der Waals surface area (Å²) in [5, 5.41) is 1.75. The first-order valence-corrected chi connectivity index (χ1v) is 11.9. The molecule has 0 radical (unpaired) electrons. The van der Waals surface area contributed by atoms with Gasteiger partial charge in [0.1, 0.15) is 5.82 Å². The largest absolute Gasteiger partial charge is 0.206 e. The highest BCUT2D eigenvalue weighted by molar-refractivity contribution is 5.88. The van der Waals surface area contributed by atoms with Crippen molar-refractivity contribution in [3.05, 3.63) is 71.5 Å². The molecule has 3 aromatic carbocycles. The molecule has 4 rings (SSSR count). The highest BCUT2D eigenvalue weighted by Crippen LogP contribution is 2.35. The van der Waals surface area contributed by atoms with Crippen LogP contribution in [0.4, 0.5) is 4.39 Å². The van der Waals surface area contributed by atoms with E-state index in [0.717, 1.165) is 34.6 Å². The lowest BCUT2D eigenvalue weighted by molar-refractivity contribution is 0.250. The predicted molar refractivity (Wildman–Crippen MR) is 127 cm³/mol. The van der Waals surface area contributed by atoms with Crippen molar-refractivity contribution in [2.75, 3.05) is 0 Å². The molecule has 0 atom stereocenters. The third-order valence-electron chi connectivity index (χ3n) is 7.15. The van der Waals surface area contributed by atoms with E-state index < -0.39 is 0 Å². The van der Waals surface area contributed by atoms with Crippen LogP contribution in [0.5, 0.6) is 0 Å². The molecule has 0 aliphatic heterocycles. The van der Waals surface area contributed by atoms with Gasteiger partial charge in [-0.15, -0.1) is 0 Å². The maximum atomic E-state index is 15.2. The number of fused-ring (bicyclic) bond motifs is 1. The maximum Gasteiger partial charge on any atom is 0.138 e. The van der Waals surface area contributed by atoms with Crippen LogP contribution in [0.2, 0.25) is 0 Å². The Bertz CT molecular complexity index is 962. The van der Waals surface area contributed by atoms with E-state index >= 15 is 4.39 Å². The SMILES string of the molecule is CCCCC1CCC(CCc2ccc3c(F)c(-c4ccc(C)cc4)ccc3c2)CC1. The number of halogens is 1. The van der Waals surface area contributed by atoms with Gasteiger partial charge >= 0.3 is 0 Å². The molecule has 1 aliphatic rings. The smallest absolute Gasteiger partial charge is 0.138 e. The van der Waals surface area contributed by atoms with E-state index in [1.165, 1.54) is 62.5 Å². The van der Waals surface area contributed by atoms with E-state index in [4.69, 9.17) is 0 Å². The number of rotatable bonds is 7. The quantitative estimate of drug-likeness (QED) is 0.370. The molecule has 0 bridgehead atoms. The minimum Gasteiger partial charge on any atom is -0.206 e. The first kappa shape index (κ1) is 21.1. The Hall–Kier alpha value is -2.15. The Balaban J connectivity index is 1.40. The first-order chi connectivity index (χ1) is 14.6. The van der Waals surface area contributed by atoms with Crippen LogP contribution in [0.15, 0.2) is 54.6 Å². The van der Waals surface area contributed by atoms with Crippen molar-refractivity contribution in [3.63, 3.8) is 0 Å². The Morgan fingerprint density at radius 1 is 0.833 bits per heavy atom. The second-order valence-electron chi connectivity index (χ2n) is 9.42. The Labute approximate surface area is 181 Å². The van der Waals surface area contributed by atoms with Crippen LogP contribution in [-0.2, 0) is 6.42 Å². The van der Waals surface area contributed by atoms with Gasteiger partial charge in [-0.2, -0.15) is 0 Å². The summed E-state index contributed by atoms with van der Waals surface area (Å²) in [6.45, 7) is 4.35. The fourth-order valence-electron chi connectivity index (χ4n) is 5.13. The number of unbranched alkanes of at least 4 members (excludes halogenated alkanes) is 1. The minimum absolute atomic E-state index is 0.103. The summed E-state index contributed by atoms with van der Waals surface area (Å²) >= 11 is 0. The van der Waals surface area contributed by atoms with Crippen molar-refractivity contribution in [2.45, 2.75) is 71.6 Å². The van der Waals surface area contributed by atoms with E-state index in [2.05, 4.69) is 32.0 Å². The molecule has 0 amide bonds. The average Bonchev–Trinajstić information content (AvgIpc) is 2.78. The summed E-state index contributed by atoms with van der Waals surface area (Å²) in [5.74, 6) is 1.75. The van der Waals surface area contributed by atoms with Gasteiger partial charge in [0.15, 0.2) is 0 Å². The van der Waals surface area contributed by atoms with Gasteiger partial charge in [-0.3, -0.25) is 0 Å². The molecule has 1 saturated carbocycles. The molecule has 0 N–H and O–H groups in total. The van der Waals surface area contributed by atoms with E-state index in [0.29, 0.717) is 5.56 Å². The number of benzene rings is 3.